The number of carbonyl (C=O) groups excluding carboxylic acids is 5. The maximum absolute atomic E-state index is 14.9. The number of carbonyl (C=O) groups is 5. The average Bonchev–Trinajstić information content (AvgIpc) is 1.63. The van der Waals surface area contributed by atoms with Crippen molar-refractivity contribution in [2.45, 2.75) is 241 Å². The quantitative estimate of drug-likeness (QED) is 0.0144. The van der Waals surface area contributed by atoms with Gasteiger partial charge in [-0.05, 0) is 32.1 Å². The second kappa shape index (κ2) is 51.8. The zero-order valence-corrected chi connectivity index (χ0v) is 68.9. The first kappa shape index (κ1) is 98.2. The van der Waals surface area contributed by atoms with E-state index in [2.05, 4.69) is 67.4 Å². The molecule has 4 aliphatic rings. The highest BCUT2D eigenvalue weighted by molar-refractivity contribution is 8.76. The van der Waals surface area contributed by atoms with E-state index in [0.29, 0.717) is 68.1 Å². The minimum atomic E-state index is -1.49. The second-order valence-electron chi connectivity index (χ2n) is 28.7. The van der Waals surface area contributed by atoms with Crippen LogP contribution in [0.25, 0.3) is 0 Å². The molecule has 0 spiro atoms. The Morgan fingerprint density at radius 3 is 0.992 bits per heavy atom. The van der Waals surface area contributed by atoms with Crippen LogP contribution in [-0.2, 0) is 133 Å². The normalized spacial score (nSPS) is 27.6. The van der Waals surface area contributed by atoms with Crippen LogP contribution < -0.4 is 21.3 Å². The van der Waals surface area contributed by atoms with Crippen LogP contribution in [0, 0.1) is 0 Å². The summed E-state index contributed by atoms with van der Waals surface area (Å²) in [5.74, 6) is -1.27. The number of nitrogens with one attached hydrogen (secondary N) is 4. The summed E-state index contributed by atoms with van der Waals surface area (Å²) in [6, 6.07) is -5.18. The molecular weight excluding hydrogens is 1620 g/mol. The van der Waals surface area contributed by atoms with Crippen molar-refractivity contribution < 1.29 is 142 Å². The van der Waals surface area contributed by atoms with Crippen LogP contribution in [0.2, 0.25) is 0 Å². The minimum Gasteiger partial charge on any atom is -0.394 e. The number of amides is 4. The first-order chi connectivity index (χ1) is 57.3. The third kappa shape index (κ3) is 31.5. The predicted octanol–water partition coefficient (Wildman–Crippen LogP) is -8.44. The van der Waals surface area contributed by atoms with Crippen LogP contribution in [0.4, 0.5) is 0 Å². The molecule has 0 saturated carbocycles. The number of unbranched alkanes of at least 4 members (excludes halogenated alkanes) is 1. The maximum Gasteiger partial charge on any atom is 0.217 e. The number of aliphatic hydroxyl groups is 12. The molecule has 0 aliphatic carbocycles. The van der Waals surface area contributed by atoms with Gasteiger partial charge in [-0.25, -0.2) is 18.7 Å². The number of ether oxygens (including phenoxy) is 12. The molecule has 4 fully saturated rings. The second-order valence-corrected chi connectivity index (χ2v) is 31.4. The minimum absolute atomic E-state index is 0.00813. The molecule has 4 amide bonds. The van der Waals surface area contributed by atoms with Gasteiger partial charge in [-0.1, -0.05) is 48.9 Å². The third-order valence-electron chi connectivity index (χ3n) is 19.5. The Bertz CT molecular complexity index is 3400. The number of Topliss-reactive ketones (excluding diaryl/α,β-unsaturated/α-hetero) is 1. The number of hydrogen-bond donors (Lipinski definition) is 16. The van der Waals surface area contributed by atoms with Gasteiger partial charge in [0.05, 0.1) is 161 Å². The van der Waals surface area contributed by atoms with E-state index in [4.69, 9.17) is 56.8 Å². The van der Waals surface area contributed by atoms with Crippen molar-refractivity contribution >= 4 is 51.0 Å². The molecule has 4 aliphatic heterocycles. The Labute approximate surface area is 693 Å². The molecule has 4 aromatic rings. The zero-order valence-electron chi connectivity index (χ0n) is 67.2. The van der Waals surface area contributed by atoms with Gasteiger partial charge in [0.2, 0.25) is 23.6 Å². The van der Waals surface area contributed by atoms with Crippen molar-refractivity contribution in [3.63, 3.8) is 0 Å². The van der Waals surface area contributed by atoms with Crippen molar-refractivity contribution in [3.05, 3.63) is 47.6 Å². The highest BCUT2D eigenvalue weighted by Gasteiger charge is 2.49. The van der Waals surface area contributed by atoms with Gasteiger partial charge in [0.1, 0.15) is 103 Å². The topological polar surface area (TPSA) is 616 Å². The van der Waals surface area contributed by atoms with Crippen LogP contribution in [0.15, 0.2) is 24.8 Å². The van der Waals surface area contributed by atoms with E-state index >= 15 is 0 Å². The molecule has 4 aromatic heterocycles. The number of aromatic nitrogens is 12. The molecule has 16 N–H and O–H groups in total. The van der Waals surface area contributed by atoms with E-state index in [1.807, 2.05) is 11.2 Å². The van der Waals surface area contributed by atoms with E-state index in [0.717, 1.165) is 5.75 Å². The van der Waals surface area contributed by atoms with Crippen LogP contribution >= 0.6 is 21.6 Å². The molecule has 0 aromatic carbocycles. The average molecular weight is 1740 g/mol. The highest BCUT2D eigenvalue weighted by Crippen LogP contribution is 2.28. The predicted molar refractivity (Wildman–Crippen MR) is 410 cm³/mol. The molecule has 21 atom stereocenters. The summed E-state index contributed by atoms with van der Waals surface area (Å²) >= 11 is 0. The molecule has 119 heavy (non-hydrogen) atoms. The SMILES string of the molecule is CSSCCCC(=O)[C@@H](CCCCN(Cc1cn(CCOCCOC2OC(CO)C(O)C(O)C2NC(C)=O)nn1)Cc1cn(CCOCCOC2OC(CO)C(O)C(O)C2NC(C)=O)nn1)N(Cc1cn(CCOCCOC2OC(CO)C(O)C(O)C2NC(C)=O)nn1)Cc1cn(CCOCCOC2OC(CO)C(O)C(O)C2NC(C)=O)nn1. The molecule has 0 radical (unpaired) electrons. The van der Waals surface area contributed by atoms with Gasteiger partial charge < -0.3 is 139 Å². The smallest absolute Gasteiger partial charge is 0.217 e. The Morgan fingerprint density at radius 2 is 0.714 bits per heavy atom. The van der Waals surface area contributed by atoms with Crippen molar-refractivity contribution in [2.24, 2.45) is 0 Å². The van der Waals surface area contributed by atoms with Gasteiger partial charge in [-0.15, -0.1) is 20.4 Å². The van der Waals surface area contributed by atoms with Crippen molar-refractivity contribution in [1.29, 1.82) is 0 Å². The summed E-state index contributed by atoms with van der Waals surface area (Å²) in [6.45, 7) is 5.53. The van der Waals surface area contributed by atoms with Gasteiger partial charge in [0, 0.05) is 90.8 Å². The standard InChI is InChI=1S/C70H118N18O29S2/c1-41(93)71-55-63(102)59(98)51(37-89)114-67(55)110-24-20-106-16-12-85-33-45(75-79-85)29-83(30-46-34-86(80-76-46)13-17-107-21-25-111-68-56(72-42(2)94)64(103)60(99)52(38-90)115-68)11-7-6-9-49(50(97)10-8-28-119-118-5)84(31-47-35-87(81-77-47)14-18-108-22-26-112-69-57(73-43(3)95)65(104)61(100)53(39-91)116-69)32-48-36-88(82-78-48)15-19-109-23-27-113-70-58(74-44(4)96)66(105)62(101)54(40-92)117-70/h33-36,49,51-70,89-92,98-105H,6-32,37-40H2,1-5H3,(H,71,93)(H,72,94)(H,73,95)(H,74,96)/t49-,51?,52?,53?,54?,55?,56?,57?,58?,59?,60?,61?,62?,63?,64?,65?,66?,67?,68?,69?,70?/m1/s1. The van der Waals surface area contributed by atoms with E-state index in [1.165, 1.54) is 27.7 Å². The summed E-state index contributed by atoms with van der Waals surface area (Å²) in [5.41, 5.74) is 2.24. The summed E-state index contributed by atoms with van der Waals surface area (Å²) in [7, 11) is 3.25. The lowest BCUT2D eigenvalue weighted by molar-refractivity contribution is -0.272. The van der Waals surface area contributed by atoms with Gasteiger partial charge in [0.15, 0.2) is 25.2 Å². The zero-order chi connectivity index (χ0) is 85.9. The molecule has 0 bridgehead atoms. The summed E-state index contributed by atoms with van der Waals surface area (Å²) in [4.78, 5) is 66.9. The van der Waals surface area contributed by atoms with Crippen molar-refractivity contribution in [3.8, 4) is 0 Å². The molecule has 20 unspecified atom stereocenters. The number of nitrogens with zero attached hydrogens (tertiary/aromatic N) is 14. The first-order valence-electron chi connectivity index (χ1n) is 39.4. The van der Waals surface area contributed by atoms with E-state index in [9.17, 15) is 85.3 Å². The first-order valence-corrected chi connectivity index (χ1v) is 42.1. The number of aliphatic hydroxyl groups excluding tert-OH is 12. The fourth-order valence-corrected chi connectivity index (χ4v) is 14.9. The van der Waals surface area contributed by atoms with Crippen LogP contribution in [0.3, 0.4) is 0 Å². The van der Waals surface area contributed by atoms with Gasteiger partial charge in [-0.2, -0.15) is 0 Å². The maximum atomic E-state index is 14.9. The van der Waals surface area contributed by atoms with Crippen LogP contribution in [0.1, 0.15) is 82.6 Å². The van der Waals surface area contributed by atoms with Crippen LogP contribution in [0.5, 0.6) is 0 Å². The Hall–Kier alpha value is -6.23. The van der Waals surface area contributed by atoms with E-state index < -0.39 is 179 Å². The Kier molecular flexibility index (Phi) is 42.7. The third-order valence-corrected chi connectivity index (χ3v) is 21.4. The van der Waals surface area contributed by atoms with Gasteiger partial charge >= 0.3 is 0 Å². The lowest BCUT2D eigenvalue weighted by Crippen LogP contribution is -2.64. The molecule has 674 valence electrons. The summed E-state index contributed by atoms with van der Waals surface area (Å²) < 4.78 is 75.6. The van der Waals surface area contributed by atoms with Gasteiger partial charge in [0.25, 0.3) is 0 Å². The number of ketones is 1. The van der Waals surface area contributed by atoms with E-state index in [-0.39, 0.29) is 131 Å². The van der Waals surface area contributed by atoms with Crippen LogP contribution in [-0.4, -0.2) is 413 Å². The molecule has 47 nitrogen and oxygen atoms in total. The van der Waals surface area contributed by atoms with E-state index in [1.54, 1.807) is 65.1 Å². The van der Waals surface area contributed by atoms with Gasteiger partial charge in [-0.3, -0.25) is 33.8 Å². The monoisotopic (exact) mass is 1740 g/mol. The lowest BCUT2D eigenvalue weighted by Gasteiger charge is -2.42. The molecule has 8 rings (SSSR count). The fraction of sp³-hybridized carbons (Fsp3) is 0.814. The molecular formula is C70H118N18O29S2. The lowest BCUT2D eigenvalue weighted by atomic mass is 9.97. The Balaban J connectivity index is 0.936. The molecule has 4 saturated heterocycles. The highest BCUT2D eigenvalue weighted by atomic mass is 33.1. The number of hydrogen-bond acceptors (Lipinski definition) is 41. The molecule has 49 heteroatoms. The summed E-state index contributed by atoms with van der Waals surface area (Å²) in [6.07, 6.45) is -9.91. The molecule has 8 heterocycles. The Morgan fingerprint density at radius 1 is 0.420 bits per heavy atom. The fourth-order valence-electron chi connectivity index (χ4n) is 13.6. The van der Waals surface area contributed by atoms with Crippen molar-refractivity contribution in [1.82, 2.24) is 91.0 Å². The van der Waals surface area contributed by atoms with Crippen molar-refractivity contribution in [2.75, 3.05) is 124 Å². The largest absolute Gasteiger partial charge is 0.394 e. The summed E-state index contributed by atoms with van der Waals surface area (Å²) in [5, 5.41) is 169. The number of rotatable bonds is 56.